The molecule has 0 fully saturated rings. The summed E-state index contributed by atoms with van der Waals surface area (Å²) in [6.45, 7) is 20.5. The van der Waals surface area contributed by atoms with E-state index in [0.29, 0.717) is 0 Å². The van der Waals surface area contributed by atoms with Gasteiger partial charge < -0.3 is 0 Å². The second-order valence-corrected chi connectivity index (χ2v) is 2.00. The average Bonchev–Trinajstić information content (AvgIpc) is 2.14. The zero-order chi connectivity index (χ0) is 11.2. The molecule has 0 aliphatic rings. The molecule has 0 N–H and O–H groups in total. The van der Waals surface area contributed by atoms with E-state index in [9.17, 15) is 0 Å². The zero-order valence-corrected chi connectivity index (χ0v) is 11.0. The van der Waals surface area contributed by atoms with Gasteiger partial charge in [-0.3, -0.25) is 0 Å². The summed E-state index contributed by atoms with van der Waals surface area (Å²) in [5, 5.41) is 0. The molecule has 0 saturated carbocycles. The van der Waals surface area contributed by atoms with E-state index in [2.05, 4.69) is 27.7 Å². The maximum Gasteiger partial charge on any atom is -0.0440 e. The van der Waals surface area contributed by atoms with E-state index in [1.807, 2.05) is 41.5 Å². The molecule has 0 atom stereocenters. The van der Waals surface area contributed by atoms with Crippen molar-refractivity contribution >= 4 is 0 Å². The minimum atomic E-state index is 1.43. The summed E-state index contributed by atoms with van der Waals surface area (Å²) < 4.78 is 0. The van der Waals surface area contributed by atoms with E-state index in [0.717, 1.165) is 0 Å². The number of hydrogen-bond donors (Lipinski definition) is 0. The lowest BCUT2D eigenvalue weighted by atomic mass is 10.2. The Bertz CT molecular complexity index is 50.1. The highest BCUT2D eigenvalue weighted by Crippen LogP contribution is 1.96. The van der Waals surface area contributed by atoms with E-state index in [1.165, 1.54) is 11.1 Å². The lowest BCUT2D eigenvalue weighted by Crippen LogP contribution is -1.66. The highest BCUT2D eigenvalue weighted by atomic mass is 13.8. The van der Waals surface area contributed by atoms with Crippen LogP contribution in [-0.2, 0) is 0 Å². The quantitative estimate of drug-likeness (QED) is 0.429. The van der Waals surface area contributed by atoms with Crippen molar-refractivity contribution in [2.24, 2.45) is 0 Å². The molecule has 0 nitrogen and oxygen atoms in total. The fourth-order valence-electron chi connectivity index (χ4n) is 0. The predicted octanol–water partition coefficient (Wildman–Crippen LogP) is 5.44. The van der Waals surface area contributed by atoms with Crippen molar-refractivity contribution in [2.45, 2.75) is 69.2 Å². The molecular formula is C12H30. The summed E-state index contributed by atoms with van der Waals surface area (Å²) in [7, 11) is 0. The Morgan fingerprint density at radius 3 is 0.500 bits per heavy atom. The van der Waals surface area contributed by atoms with Gasteiger partial charge in [0.15, 0.2) is 0 Å². The molecule has 78 valence electrons. The van der Waals surface area contributed by atoms with Gasteiger partial charge in [-0.25, -0.2) is 0 Å². The molecule has 0 amide bonds. The Morgan fingerprint density at radius 2 is 0.500 bits per heavy atom. The van der Waals surface area contributed by atoms with Crippen LogP contribution in [0.4, 0.5) is 0 Å². The van der Waals surface area contributed by atoms with Crippen LogP contribution in [0.1, 0.15) is 69.2 Å². The summed E-state index contributed by atoms with van der Waals surface area (Å²) >= 11 is 0. The van der Waals surface area contributed by atoms with Gasteiger partial charge in [0.25, 0.3) is 0 Å². The second kappa shape index (κ2) is 30.9. The molecule has 0 heterocycles. The fourth-order valence-corrected chi connectivity index (χ4v) is 0. The van der Waals surface area contributed by atoms with Crippen LogP contribution in [0.5, 0.6) is 0 Å². The molecule has 12 heavy (non-hydrogen) atoms. The molecule has 0 aromatic heterocycles. The van der Waals surface area contributed by atoms with Crippen molar-refractivity contribution in [3.8, 4) is 0 Å². The first kappa shape index (κ1) is 22.6. The van der Waals surface area contributed by atoms with Gasteiger partial charge in [-0.15, -0.1) is 0 Å². The average molecular weight is 174 g/mol. The summed E-state index contributed by atoms with van der Waals surface area (Å²) in [5.74, 6) is 0. The number of rotatable bonds is 0. The van der Waals surface area contributed by atoms with E-state index in [-0.39, 0.29) is 0 Å². The summed E-state index contributed by atoms with van der Waals surface area (Å²) in [6.07, 6.45) is 0. The van der Waals surface area contributed by atoms with Gasteiger partial charge >= 0.3 is 0 Å². The minimum absolute atomic E-state index is 1.43. The first-order chi connectivity index (χ1) is 5.64. The zero-order valence-electron chi connectivity index (χ0n) is 11.0. The van der Waals surface area contributed by atoms with Gasteiger partial charge in [0.2, 0.25) is 0 Å². The summed E-state index contributed by atoms with van der Waals surface area (Å²) in [5.41, 5.74) is 2.85. The van der Waals surface area contributed by atoms with E-state index < -0.39 is 0 Å². The third-order valence-corrected chi connectivity index (χ3v) is 1.00. The Balaban J connectivity index is -0.0000000453. The Morgan fingerprint density at radius 1 is 0.417 bits per heavy atom. The lowest BCUT2D eigenvalue weighted by molar-refractivity contribution is 1.23. The van der Waals surface area contributed by atoms with Crippen LogP contribution in [0.2, 0.25) is 0 Å². The van der Waals surface area contributed by atoms with E-state index >= 15 is 0 Å². The van der Waals surface area contributed by atoms with Crippen LogP contribution < -0.4 is 0 Å². The van der Waals surface area contributed by atoms with Gasteiger partial charge in [0.05, 0.1) is 0 Å². The molecule has 0 rings (SSSR count). The maximum absolute atomic E-state index is 2.12. The first-order valence-electron chi connectivity index (χ1n) is 5.25. The molecule has 0 spiro atoms. The van der Waals surface area contributed by atoms with Gasteiger partial charge in [-0.1, -0.05) is 52.7 Å². The smallest absolute Gasteiger partial charge is 0.0440 e. The van der Waals surface area contributed by atoms with Crippen LogP contribution in [0, 0.1) is 0 Å². The van der Waals surface area contributed by atoms with Crippen molar-refractivity contribution < 1.29 is 0 Å². The third-order valence-electron chi connectivity index (χ3n) is 1.00. The number of allylic oxidation sites excluding steroid dienone is 2. The SMILES string of the molecule is CC.CC.CC.CC(C)=C(C)C. The van der Waals surface area contributed by atoms with Gasteiger partial charge in [0.1, 0.15) is 0 Å². The van der Waals surface area contributed by atoms with Crippen molar-refractivity contribution in [3.63, 3.8) is 0 Å². The third kappa shape index (κ3) is 53.2. The monoisotopic (exact) mass is 174 g/mol. The van der Waals surface area contributed by atoms with Crippen molar-refractivity contribution in [1.82, 2.24) is 0 Å². The van der Waals surface area contributed by atoms with E-state index in [1.54, 1.807) is 0 Å². The van der Waals surface area contributed by atoms with Crippen molar-refractivity contribution in [1.29, 1.82) is 0 Å². The normalized spacial score (nSPS) is 5.50. The van der Waals surface area contributed by atoms with Crippen molar-refractivity contribution in [3.05, 3.63) is 11.1 Å². The van der Waals surface area contributed by atoms with Gasteiger partial charge in [-0.2, -0.15) is 0 Å². The molecule has 0 aliphatic heterocycles. The summed E-state index contributed by atoms with van der Waals surface area (Å²) in [6, 6.07) is 0. The Hall–Kier alpha value is -0.260. The first-order valence-corrected chi connectivity index (χ1v) is 5.25. The van der Waals surface area contributed by atoms with Gasteiger partial charge in [-0.05, 0) is 27.7 Å². The molecule has 0 aliphatic carbocycles. The Kier molecular flexibility index (Phi) is 58.3. The molecule has 0 saturated heterocycles. The largest absolute Gasteiger partial charge is 0.0778 e. The summed E-state index contributed by atoms with van der Waals surface area (Å²) in [4.78, 5) is 0. The predicted molar refractivity (Wildman–Crippen MR) is 63.8 cm³/mol. The van der Waals surface area contributed by atoms with E-state index in [4.69, 9.17) is 0 Å². The lowest BCUT2D eigenvalue weighted by Gasteiger charge is -1.88. The van der Waals surface area contributed by atoms with Crippen LogP contribution in [0.15, 0.2) is 11.1 Å². The molecule has 0 aromatic rings. The van der Waals surface area contributed by atoms with Crippen LogP contribution in [0.3, 0.4) is 0 Å². The second-order valence-electron chi connectivity index (χ2n) is 2.00. The highest BCUT2D eigenvalue weighted by Gasteiger charge is 1.75. The molecule has 0 unspecified atom stereocenters. The highest BCUT2D eigenvalue weighted by molar-refractivity contribution is 5.02. The Labute approximate surface area is 81.1 Å². The van der Waals surface area contributed by atoms with Crippen LogP contribution >= 0.6 is 0 Å². The topological polar surface area (TPSA) is 0 Å². The van der Waals surface area contributed by atoms with Crippen LogP contribution in [0.25, 0.3) is 0 Å². The molecular weight excluding hydrogens is 144 g/mol. The minimum Gasteiger partial charge on any atom is -0.0778 e. The molecule has 0 radical (unpaired) electrons. The molecule has 0 aromatic carbocycles. The fraction of sp³-hybridized carbons (Fsp3) is 0.833. The maximum atomic E-state index is 2.12. The van der Waals surface area contributed by atoms with Crippen molar-refractivity contribution in [2.75, 3.05) is 0 Å². The standard InChI is InChI=1S/C6H12.3C2H6/c1-5(2)6(3)4;3*1-2/h1-4H3;3*1-2H3. The van der Waals surface area contributed by atoms with Crippen LogP contribution in [-0.4, -0.2) is 0 Å². The number of hydrogen-bond acceptors (Lipinski definition) is 0. The van der Waals surface area contributed by atoms with Gasteiger partial charge in [0, 0.05) is 0 Å². The molecule has 0 heteroatoms. The molecule has 0 bridgehead atoms.